The van der Waals surface area contributed by atoms with E-state index in [-0.39, 0.29) is 0 Å². The van der Waals surface area contributed by atoms with Crippen LogP contribution in [-0.4, -0.2) is 24.9 Å². The Morgan fingerprint density at radius 1 is 1.40 bits per heavy atom. The van der Waals surface area contributed by atoms with Crippen LogP contribution in [0.2, 0.25) is 0 Å². The van der Waals surface area contributed by atoms with Gasteiger partial charge in [-0.25, -0.2) is 8.42 Å². The monoisotopic (exact) mass is 184 g/mol. The molecule has 0 amide bonds. The molecule has 0 unspecified atom stereocenters. The first-order valence-electron chi connectivity index (χ1n) is 3.13. The van der Waals surface area contributed by atoms with Gasteiger partial charge in [-0.3, -0.25) is 0 Å². The third kappa shape index (κ3) is 1.62. The van der Waals surface area contributed by atoms with Gasteiger partial charge in [-0.2, -0.15) is 0 Å². The van der Waals surface area contributed by atoms with Gasteiger partial charge in [0.25, 0.3) is 0 Å². The molecule has 0 aromatic rings. The lowest BCUT2D eigenvalue weighted by Crippen LogP contribution is -2.25. The van der Waals surface area contributed by atoms with E-state index in [1.165, 1.54) is 0 Å². The van der Waals surface area contributed by atoms with Crippen molar-refractivity contribution in [2.45, 2.75) is 30.6 Å². The molecule has 3 nitrogen and oxygen atoms in total. The smallest absolute Gasteiger partial charge is 0.238 e. The summed E-state index contributed by atoms with van der Waals surface area (Å²) in [4.78, 5) is 0. The summed E-state index contributed by atoms with van der Waals surface area (Å²) in [7, 11) is 1.52. The van der Waals surface area contributed by atoms with Gasteiger partial charge in [0, 0.05) is 10.7 Å². The minimum Gasteiger partial charge on any atom is -0.392 e. The molecular formula is C5H9ClO3S. The Bertz CT molecular complexity index is 211. The van der Waals surface area contributed by atoms with E-state index in [4.69, 9.17) is 15.8 Å². The van der Waals surface area contributed by atoms with Gasteiger partial charge in [0.05, 0.1) is 6.10 Å². The van der Waals surface area contributed by atoms with E-state index in [0.29, 0.717) is 12.8 Å². The van der Waals surface area contributed by atoms with Crippen LogP contribution in [0, 0.1) is 0 Å². The number of aliphatic hydroxyl groups excluding tert-OH is 1. The number of rotatable bonds is 1. The molecule has 1 rings (SSSR count). The van der Waals surface area contributed by atoms with Gasteiger partial charge in [0.2, 0.25) is 9.05 Å². The van der Waals surface area contributed by atoms with E-state index in [1.54, 1.807) is 0 Å². The Hall–Kier alpha value is 0.200. The molecule has 1 aliphatic carbocycles. The largest absolute Gasteiger partial charge is 0.392 e. The summed E-state index contributed by atoms with van der Waals surface area (Å²) in [5, 5.41) is 8.33. The lowest BCUT2D eigenvalue weighted by molar-refractivity contribution is 0.185. The van der Waals surface area contributed by atoms with Crippen LogP contribution in [0.3, 0.4) is 0 Å². The second kappa shape index (κ2) is 2.68. The third-order valence-electron chi connectivity index (χ3n) is 1.78. The molecular weight excluding hydrogens is 176 g/mol. The first-order valence-corrected chi connectivity index (χ1v) is 5.50. The van der Waals surface area contributed by atoms with Crippen molar-refractivity contribution in [2.75, 3.05) is 0 Å². The highest BCUT2D eigenvalue weighted by atomic mass is 35.7. The van der Waals surface area contributed by atoms with Crippen LogP contribution >= 0.6 is 10.7 Å². The van der Waals surface area contributed by atoms with Crippen molar-refractivity contribution in [3.63, 3.8) is 0 Å². The summed E-state index contributed by atoms with van der Waals surface area (Å²) in [5.41, 5.74) is 0. The summed E-state index contributed by atoms with van der Waals surface area (Å²) in [6, 6.07) is 0. The molecule has 0 radical (unpaired) electrons. The minimum absolute atomic E-state index is 0.493. The molecule has 2 atom stereocenters. The Morgan fingerprint density at radius 3 is 2.20 bits per heavy atom. The fourth-order valence-electron chi connectivity index (χ4n) is 1.23. The van der Waals surface area contributed by atoms with E-state index in [0.717, 1.165) is 6.42 Å². The van der Waals surface area contributed by atoms with Crippen molar-refractivity contribution < 1.29 is 13.5 Å². The third-order valence-corrected chi connectivity index (χ3v) is 3.74. The van der Waals surface area contributed by atoms with Crippen molar-refractivity contribution in [3.05, 3.63) is 0 Å². The predicted octanol–water partition coefficient (Wildman–Crippen LogP) is 0.468. The molecule has 5 heteroatoms. The minimum atomic E-state index is -3.53. The van der Waals surface area contributed by atoms with E-state index >= 15 is 0 Å². The number of hydrogen-bond donors (Lipinski definition) is 1. The van der Waals surface area contributed by atoms with E-state index < -0.39 is 20.4 Å². The van der Waals surface area contributed by atoms with Crippen LogP contribution in [0.1, 0.15) is 19.3 Å². The standard InChI is InChI=1S/C5H9ClO3S/c6-10(8,9)5-3-1-2-4(5)7/h4-5,7H,1-3H2/t4-,5-/m0/s1. The maximum absolute atomic E-state index is 10.6. The van der Waals surface area contributed by atoms with Crippen molar-refractivity contribution in [1.82, 2.24) is 0 Å². The molecule has 0 bridgehead atoms. The molecule has 0 spiro atoms. The zero-order valence-corrected chi connectivity index (χ0v) is 6.90. The molecule has 1 fully saturated rings. The Labute approximate surface area is 64.4 Å². The highest BCUT2D eigenvalue weighted by molar-refractivity contribution is 8.14. The zero-order valence-electron chi connectivity index (χ0n) is 5.33. The van der Waals surface area contributed by atoms with Gasteiger partial charge in [-0.1, -0.05) is 0 Å². The zero-order chi connectivity index (χ0) is 7.78. The lowest BCUT2D eigenvalue weighted by atomic mass is 10.3. The van der Waals surface area contributed by atoms with Gasteiger partial charge in [-0.05, 0) is 19.3 Å². The average Bonchev–Trinajstić information content (AvgIpc) is 2.11. The summed E-state index contributed by atoms with van der Waals surface area (Å²) in [6.45, 7) is 0. The van der Waals surface area contributed by atoms with Crippen LogP contribution in [-0.2, 0) is 9.05 Å². The van der Waals surface area contributed by atoms with Crippen molar-refractivity contribution in [1.29, 1.82) is 0 Å². The normalized spacial score (nSPS) is 34.6. The first-order chi connectivity index (χ1) is 4.52. The topological polar surface area (TPSA) is 54.4 Å². The van der Waals surface area contributed by atoms with Crippen molar-refractivity contribution in [3.8, 4) is 0 Å². The van der Waals surface area contributed by atoms with Gasteiger partial charge >= 0.3 is 0 Å². The fraction of sp³-hybridized carbons (Fsp3) is 1.00. The summed E-state index contributed by atoms with van der Waals surface area (Å²) in [6.07, 6.45) is 1.05. The summed E-state index contributed by atoms with van der Waals surface area (Å²) in [5.74, 6) is 0. The Kier molecular flexibility index (Phi) is 2.22. The highest BCUT2D eigenvalue weighted by Crippen LogP contribution is 2.27. The molecule has 10 heavy (non-hydrogen) atoms. The van der Waals surface area contributed by atoms with Gasteiger partial charge in [0.15, 0.2) is 0 Å². The van der Waals surface area contributed by atoms with Crippen LogP contribution in [0.25, 0.3) is 0 Å². The SMILES string of the molecule is O=S(=O)(Cl)[C@H]1CCC[C@@H]1O. The number of halogens is 1. The molecule has 0 saturated heterocycles. The Balaban J connectivity index is 2.74. The molecule has 60 valence electrons. The number of hydrogen-bond acceptors (Lipinski definition) is 3. The van der Waals surface area contributed by atoms with Crippen molar-refractivity contribution >= 4 is 19.7 Å². The second-order valence-corrected chi connectivity index (χ2v) is 5.36. The van der Waals surface area contributed by atoms with Crippen LogP contribution in [0.4, 0.5) is 0 Å². The maximum atomic E-state index is 10.6. The van der Waals surface area contributed by atoms with Crippen LogP contribution in [0.5, 0.6) is 0 Å². The average molecular weight is 185 g/mol. The maximum Gasteiger partial charge on any atom is 0.238 e. The number of aliphatic hydroxyl groups is 1. The molecule has 0 aliphatic heterocycles. The van der Waals surface area contributed by atoms with Gasteiger partial charge in [-0.15, -0.1) is 0 Å². The molecule has 1 aliphatic rings. The lowest BCUT2D eigenvalue weighted by Gasteiger charge is -2.08. The van der Waals surface area contributed by atoms with Crippen molar-refractivity contribution in [2.24, 2.45) is 0 Å². The second-order valence-electron chi connectivity index (χ2n) is 2.51. The molecule has 0 heterocycles. The fourth-order valence-corrected chi connectivity index (χ4v) is 2.82. The molecule has 1 saturated carbocycles. The molecule has 1 N–H and O–H groups in total. The summed E-state index contributed by atoms with van der Waals surface area (Å²) >= 11 is 0. The predicted molar refractivity (Wildman–Crippen MR) is 38.4 cm³/mol. The molecule has 0 aromatic carbocycles. The van der Waals surface area contributed by atoms with Crippen LogP contribution < -0.4 is 0 Å². The quantitative estimate of drug-likeness (QED) is 0.603. The Morgan fingerprint density at radius 2 is 2.00 bits per heavy atom. The van der Waals surface area contributed by atoms with Gasteiger partial charge in [0.1, 0.15) is 5.25 Å². The first kappa shape index (κ1) is 8.30. The van der Waals surface area contributed by atoms with Crippen LogP contribution in [0.15, 0.2) is 0 Å². The van der Waals surface area contributed by atoms with E-state index in [9.17, 15) is 8.42 Å². The highest BCUT2D eigenvalue weighted by Gasteiger charge is 2.34. The summed E-state index contributed by atoms with van der Waals surface area (Å²) < 4.78 is 21.3. The molecule has 0 aromatic heterocycles. The van der Waals surface area contributed by atoms with E-state index in [1.807, 2.05) is 0 Å². The van der Waals surface area contributed by atoms with E-state index in [2.05, 4.69) is 0 Å². The van der Waals surface area contributed by atoms with Gasteiger partial charge < -0.3 is 5.11 Å².